The summed E-state index contributed by atoms with van der Waals surface area (Å²) >= 11 is 0. The van der Waals surface area contributed by atoms with E-state index in [0.717, 1.165) is 15.4 Å². The first-order chi connectivity index (χ1) is 11.3. The number of benzene rings is 2. The van der Waals surface area contributed by atoms with Crippen molar-refractivity contribution in [2.45, 2.75) is 18.7 Å². The molecule has 1 heterocycles. The molecule has 6 nitrogen and oxygen atoms in total. The van der Waals surface area contributed by atoms with Crippen molar-refractivity contribution >= 4 is 27.3 Å². The third-order valence-corrected chi connectivity index (χ3v) is 5.86. The molecule has 0 atom stereocenters. The Labute approximate surface area is 141 Å². The molecule has 7 heteroatoms. The monoisotopic (exact) mass is 346 g/mol. The van der Waals surface area contributed by atoms with Gasteiger partial charge in [0.25, 0.3) is 10.0 Å². The Bertz CT molecular complexity index is 922. The maximum Gasteiger partial charge on any atom is 0.268 e. The molecule has 0 saturated carbocycles. The van der Waals surface area contributed by atoms with Crippen LogP contribution in [0.4, 0.5) is 11.4 Å². The third-order valence-electron chi connectivity index (χ3n) is 4.08. The molecular weight excluding hydrogens is 328 g/mol. The molecule has 0 unspecified atom stereocenters. The number of carbonyl (C=O) groups excluding carboxylic acids is 1. The number of methoxy groups -OCH3 is 1. The van der Waals surface area contributed by atoms with Crippen molar-refractivity contribution in [3.05, 3.63) is 47.5 Å². The molecule has 0 aliphatic carbocycles. The molecule has 1 amide bonds. The molecule has 0 bridgehead atoms. The molecule has 1 aliphatic rings. The van der Waals surface area contributed by atoms with E-state index in [1.165, 1.54) is 7.11 Å². The summed E-state index contributed by atoms with van der Waals surface area (Å²) in [7, 11) is -2.51. The molecular formula is C17H18N2O4S. The van der Waals surface area contributed by atoms with Gasteiger partial charge in [-0.15, -0.1) is 0 Å². The number of amides is 1. The number of sulfonamides is 1. The molecule has 3 rings (SSSR count). The smallest absolute Gasteiger partial charge is 0.268 e. The average Bonchev–Trinajstić information content (AvgIpc) is 2.55. The molecule has 1 aliphatic heterocycles. The molecule has 2 aromatic carbocycles. The van der Waals surface area contributed by atoms with E-state index in [4.69, 9.17) is 4.74 Å². The van der Waals surface area contributed by atoms with E-state index < -0.39 is 10.0 Å². The van der Waals surface area contributed by atoms with Crippen molar-refractivity contribution < 1.29 is 17.9 Å². The van der Waals surface area contributed by atoms with Crippen LogP contribution in [0.5, 0.6) is 5.75 Å². The quantitative estimate of drug-likeness (QED) is 0.926. The number of anilines is 2. The van der Waals surface area contributed by atoms with E-state index in [1.54, 1.807) is 36.4 Å². The van der Waals surface area contributed by atoms with Crippen molar-refractivity contribution in [2.24, 2.45) is 0 Å². The minimum atomic E-state index is -3.94. The number of para-hydroxylation sites is 2. The zero-order chi connectivity index (χ0) is 17.5. The van der Waals surface area contributed by atoms with Gasteiger partial charge in [0.1, 0.15) is 17.2 Å². The topological polar surface area (TPSA) is 75.7 Å². The maximum absolute atomic E-state index is 13.2. The summed E-state index contributed by atoms with van der Waals surface area (Å²) in [5.41, 5.74) is 2.68. The second-order valence-corrected chi connectivity index (χ2v) is 7.50. The van der Waals surface area contributed by atoms with Crippen molar-refractivity contribution in [3.8, 4) is 5.75 Å². The lowest BCUT2D eigenvalue weighted by Crippen LogP contribution is -2.42. The predicted molar refractivity (Wildman–Crippen MR) is 92.1 cm³/mol. The molecule has 2 aromatic rings. The number of carbonyl (C=O) groups is 1. The van der Waals surface area contributed by atoms with Crippen LogP contribution < -0.4 is 14.4 Å². The highest BCUT2D eigenvalue weighted by Gasteiger charge is 2.34. The lowest BCUT2D eigenvalue weighted by Gasteiger charge is -2.30. The highest BCUT2D eigenvalue weighted by molar-refractivity contribution is 7.93. The Morgan fingerprint density at radius 1 is 1.12 bits per heavy atom. The zero-order valence-electron chi connectivity index (χ0n) is 13.7. The Kier molecular flexibility index (Phi) is 3.96. The van der Waals surface area contributed by atoms with E-state index in [-0.39, 0.29) is 23.1 Å². The Morgan fingerprint density at radius 2 is 1.79 bits per heavy atom. The minimum Gasteiger partial charge on any atom is -0.495 e. The van der Waals surface area contributed by atoms with Gasteiger partial charge < -0.3 is 10.1 Å². The van der Waals surface area contributed by atoms with Gasteiger partial charge in [-0.05, 0) is 49.2 Å². The van der Waals surface area contributed by atoms with E-state index in [0.29, 0.717) is 11.4 Å². The number of hydrogen-bond acceptors (Lipinski definition) is 4. The van der Waals surface area contributed by atoms with Gasteiger partial charge in [-0.1, -0.05) is 12.1 Å². The van der Waals surface area contributed by atoms with Crippen LogP contribution in [0.2, 0.25) is 0 Å². The number of ether oxygens (including phenoxy) is 1. The summed E-state index contributed by atoms with van der Waals surface area (Å²) in [5.74, 6) is -0.110. The largest absolute Gasteiger partial charge is 0.495 e. The van der Waals surface area contributed by atoms with Crippen LogP contribution >= 0.6 is 0 Å². The SMILES string of the molecule is COc1cc(C)c(C)cc1S(=O)(=O)N1CC(=O)Nc2ccccc21. The van der Waals surface area contributed by atoms with Gasteiger partial charge in [-0.3, -0.25) is 9.10 Å². The lowest BCUT2D eigenvalue weighted by molar-refractivity contribution is -0.115. The van der Waals surface area contributed by atoms with Gasteiger partial charge in [0.15, 0.2) is 0 Å². The van der Waals surface area contributed by atoms with Crippen LogP contribution in [0.3, 0.4) is 0 Å². The normalized spacial score (nSPS) is 14.1. The zero-order valence-corrected chi connectivity index (χ0v) is 14.5. The highest BCUT2D eigenvalue weighted by Crippen LogP contribution is 2.36. The molecule has 24 heavy (non-hydrogen) atoms. The molecule has 0 saturated heterocycles. The van der Waals surface area contributed by atoms with E-state index in [9.17, 15) is 13.2 Å². The van der Waals surface area contributed by atoms with E-state index in [2.05, 4.69) is 5.32 Å². The molecule has 0 spiro atoms. The number of hydrogen-bond donors (Lipinski definition) is 1. The summed E-state index contributed by atoms with van der Waals surface area (Å²) in [6.45, 7) is 3.46. The fourth-order valence-corrected chi connectivity index (χ4v) is 4.32. The minimum absolute atomic E-state index is 0.0533. The molecule has 1 N–H and O–H groups in total. The first-order valence-electron chi connectivity index (χ1n) is 7.41. The molecule has 0 aromatic heterocycles. The maximum atomic E-state index is 13.2. The van der Waals surface area contributed by atoms with Crippen molar-refractivity contribution in [2.75, 3.05) is 23.3 Å². The van der Waals surface area contributed by atoms with Gasteiger partial charge in [0.2, 0.25) is 5.91 Å². The highest BCUT2D eigenvalue weighted by atomic mass is 32.2. The predicted octanol–water partition coefficient (Wildman–Crippen LogP) is 2.46. The Hall–Kier alpha value is -2.54. The van der Waals surface area contributed by atoms with Gasteiger partial charge in [-0.2, -0.15) is 0 Å². The number of fused-ring (bicyclic) bond motifs is 1. The Morgan fingerprint density at radius 3 is 2.50 bits per heavy atom. The fourth-order valence-electron chi connectivity index (χ4n) is 2.66. The number of aryl methyl sites for hydroxylation is 2. The summed E-state index contributed by atoms with van der Waals surface area (Å²) in [6.07, 6.45) is 0. The van der Waals surface area contributed by atoms with E-state index >= 15 is 0 Å². The van der Waals surface area contributed by atoms with Crippen LogP contribution in [-0.2, 0) is 14.8 Å². The standard InChI is InChI=1S/C17H18N2O4S/c1-11-8-15(23-3)16(9-12(11)2)24(21,22)19-10-17(20)18-13-6-4-5-7-14(13)19/h4-9H,10H2,1-3H3,(H,18,20). The van der Waals surface area contributed by atoms with Crippen LogP contribution in [0.15, 0.2) is 41.3 Å². The summed E-state index contributed by atoms with van der Waals surface area (Å²) in [6, 6.07) is 10.1. The van der Waals surface area contributed by atoms with Crippen LogP contribution in [0.25, 0.3) is 0 Å². The second-order valence-electron chi connectivity index (χ2n) is 5.66. The molecule has 0 radical (unpaired) electrons. The summed E-state index contributed by atoms with van der Waals surface area (Å²) in [4.78, 5) is 12.0. The third kappa shape index (κ3) is 2.60. The average molecular weight is 346 g/mol. The second kappa shape index (κ2) is 5.83. The van der Waals surface area contributed by atoms with Gasteiger partial charge in [-0.25, -0.2) is 8.42 Å². The fraction of sp³-hybridized carbons (Fsp3) is 0.235. The number of nitrogens with zero attached hydrogens (tertiary/aromatic N) is 1. The van der Waals surface area contributed by atoms with Crippen molar-refractivity contribution in [3.63, 3.8) is 0 Å². The van der Waals surface area contributed by atoms with Crippen molar-refractivity contribution in [1.29, 1.82) is 0 Å². The summed E-state index contributed by atoms with van der Waals surface area (Å²) in [5, 5.41) is 2.69. The van der Waals surface area contributed by atoms with Crippen LogP contribution in [0, 0.1) is 13.8 Å². The first-order valence-corrected chi connectivity index (χ1v) is 8.85. The summed E-state index contributed by atoms with van der Waals surface area (Å²) < 4.78 is 32.8. The lowest BCUT2D eigenvalue weighted by atomic mass is 10.1. The van der Waals surface area contributed by atoms with Crippen molar-refractivity contribution in [1.82, 2.24) is 0 Å². The Balaban J connectivity index is 2.19. The first kappa shape index (κ1) is 16.3. The number of nitrogens with one attached hydrogen (secondary N) is 1. The van der Waals surface area contributed by atoms with Gasteiger partial charge in [0.05, 0.1) is 18.5 Å². The number of rotatable bonds is 3. The van der Waals surface area contributed by atoms with Crippen LogP contribution in [0.1, 0.15) is 11.1 Å². The molecule has 0 fully saturated rings. The van der Waals surface area contributed by atoms with E-state index in [1.807, 2.05) is 13.8 Å². The van der Waals surface area contributed by atoms with Gasteiger partial charge >= 0.3 is 0 Å². The molecule has 126 valence electrons. The van der Waals surface area contributed by atoms with Crippen LogP contribution in [-0.4, -0.2) is 28.0 Å². The van der Waals surface area contributed by atoms with Gasteiger partial charge in [0, 0.05) is 0 Å².